The monoisotopic (exact) mass is 283 g/mol. The predicted octanol–water partition coefficient (Wildman–Crippen LogP) is 2.37. The molecule has 0 unspecified atom stereocenters. The number of carboxylic acid groups (broad SMARTS) is 1. The van der Waals surface area contributed by atoms with Crippen LogP contribution < -0.4 is 4.74 Å². The number of carbonyl (C=O) groups is 1. The number of nitrogens with zero attached hydrogens (tertiary/aromatic N) is 1. The van der Waals surface area contributed by atoms with Crippen molar-refractivity contribution in [1.29, 1.82) is 0 Å². The third kappa shape index (κ3) is 3.79. The Kier molecular flexibility index (Phi) is 3.92. The first-order valence-corrected chi connectivity index (χ1v) is 4.52. The lowest BCUT2D eigenvalue weighted by molar-refractivity contribution is -0.386. The molecule has 0 aliphatic heterocycles. The van der Waals surface area contributed by atoms with Gasteiger partial charge in [0.15, 0.2) is 12.4 Å². The number of rotatable bonds is 4. The Morgan fingerprint density at radius 2 is 2.00 bits per heavy atom. The number of ether oxygens (including phenoxy) is 1. The lowest BCUT2D eigenvalue weighted by Crippen LogP contribution is -2.20. The number of nitro benzene ring substituents is 1. The van der Waals surface area contributed by atoms with Gasteiger partial charge in [-0.05, 0) is 0 Å². The van der Waals surface area contributed by atoms with Crippen molar-refractivity contribution in [3.8, 4) is 5.75 Å². The minimum absolute atomic E-state index is 0.190. The third-order valence-corrected chi connectivity index (χ3v) is 1.87. The van der Waals surface area contributed by atoms with Gasteiger partial charge in [0.25, 0.3) is 0 Å². The molecule has 1 rings (SSSR count). The Hall–Kier alpha value is -2.39. The molecule has 104 valence electrons. The molecule has 0 saturated carbocycles. The van der Waals surface area contributed by atoms with E-state index in [1.54, 1.807) is 0 Å². The van der Waals surface area contributed by atoms with Crippen LogP contribution in [0.1, 0.15) is 10.4 Å². The first kappa shape index (κ1) is 14.7. The summed E-state index contributed by atoms with van der Waals surface area (Å²) < 4.78 is 53.0. The molecule has 1 aromatic carbocycles. The first-order valence-electron chi connectivity index (χ1n) is 4.52. The normalized spacial score (nSPS) is 11.2. The zero-order chi connectivity index (χ0) is 14.8. The molecule has 6 nitrogen and oxygen atoms in total. The second-order valence-electron chi connectivity index (χ2n) is 3.27. The summed E-state index contributed by atoms with van der Waals surface area (Å²) in [6, 6.07) is 0.525. The maximum absolute atomic E-state index is 13.2. The van der Waals surface area contributed by atoms with Gasteiger partial charge >= 0.3 is 17.8 Å². The SMILES string of the molecule is O=C(O)c1cc(OCC(F)(F)F)c([N+](=O)[O-])cc1F. The minimum atomic E-state index is -4.77. The number of carboxylic acids is 1. The molecule has 0 atom stereocenters. The Morgan fingerprint density at radius 3 is 2.42 bits per heavy atom. The van der Waals surface area contributed by atoms with E-state index in [4.69, 9.17) is 5.11 Å². The molecule has 10 heteroatoms. The standard InChI is InChI=1S/C9H5F4NO5/c10-5-2-6(14(17)18)7(1-4(5)8(15)16)19-3-9(11,12)13/h1-2H,3H2,(H,15,16). The van der Waals surface area contributed by atoms with E-state index in [1.165, 1.54) is 0 Å². The van der Waals surface area contributed by atoms with Gasteiger partial charge in [-0.3, -0.25) is 10.1 Å². The molecule has 1 aromatic rings. The average molecular weight is 283 g/mol. The van der Waals surface area contributed by atoms with Crippen molar-refractivity contribution in [3.63, 3.8) is 0 Å². The Labute approximate surface area is 102 Å². The molecule has 0 aliphatic carbocycles. The highest BCUT2D eigenvalue weighted by Gasteiger charge is 2.31. The van der Waals surface area contributed by atoms with Gasteiger partial charge < -0.3 is 9.84 Å². The molecule has 0 fully saturated rings. The van der Waals surface area contributed by atoms with E-state index in [0.717, 1.165) is 0 Å². The molecule has 0 spiro atoms. The van der Waals surface area contributed by atoms with Crippen molar-refractivity contribution in [2.24, 2.45) is 0 Å². The number of aromatic carboxylic acids is 1. The topological polar surface area (TPSA) is 89.7 Å². The second kappa shape index (κ2) is 5.08. The van der Waals surface area contributed by atoms with Crippen LogP contribution >= 0.6 is 0 Å². The van der Waals surface area contributed by atoms with E-state index >= 15 is 0 Å². The van der Waals surface area contributed by atoms with E-state index in [2.05, 4.69) is 4.74 Å². The number of hydrogen-bond donors (Lipinski definition) is 1. The van der Waals surface area contributed by atoms with Crippen molar-refractivity contribution in [3.05, 3.63) is 33.6 Å². The molecule has 1 N–H and O–H groups in total. The summed E-state index contributed by atoms with van der Waals surface area (Å²) in [5, 5.41) is 19.1. The minimum Gasteiger partial charge on any atom is -0.478 e. The van der Waals surface area contributed by atoms with Crippen LogP contribution in [0.2, 0.25) is 0 Å². The van der Waals surface area contributed by atoms with Crippen molar-refractivity contribution in [2.45, 2.75) is 6.18 Å². The largest absolute Gasteiger partial charge is 0.478 e. The van der Waals surface area contributed by atoms with Crippen LogP contribution in [0.3, 0.4) is 0 Å². The number of benzene rings is 1. The van der Waals surface area contributed by atoms with E-state index in [1.807, 2.05) is 0 Å². The van der Waals surface area contributed by atoms with Gasteiger partial charge in [0.05, 0.1) is 16.6 Å². The van der Waals surface area contributed by atoms with E-state index in [0.29, 0.717) is 6.07 Å². The highest BCUT2D eigenvalue weighted by molar-refractivity contribution is 5.89. The maximum Gasteiger partial charge on any atom is 0.422 e. The van der Waals surface area contributed by atoms with Crippen LogP contribution in [0.4, 0.5) is 23.2 Å². The Bertz CT molecular complexity index is 528. The van der Waals surface area contributed by atoms with Gasteiger partial charge in [-0.2, -0.15) is 13.2 Å². The summed E-state index contributed by atoms with van der Waals surface area (Å²) in [6.45, 7) is -1.86. The molecule has 0 amide bonds. The fourth-order valence-corrected chi connectivity index (χ4v) is 1.12. The van der Waals surface area contributed by atoms with Gasteiger partial charge in [-0.25, -0.2) is 9.18 Å². The molecule has 0 aromatic heterocycles. The van der Waals surface area contributed by atoms with Crippen molar-refractivity contribution in [2.75, 3.05) is 6.61 Å². The summed E-state index contributed by atoms with van der Waals surface area (Å²) in [5.41, 5.74) is -2.12. The summed E-state index contributed by atoms with van der Waals surface area (Å²) in [7, 11) is 0. The van der Waals surface area contributed by atoms with Crippen LogP contribution in [-0.2, 0) is 0 Å². The number of hydrogen-bond acceptors (Lipinski definition) is 4. The fourth-order valence-electron chi connectivity index (χ4n) is 1.12. The summed E-state index contributed by atoms with van der Waals surface area (Å²) >= 11 is 0. The van der Waals surface area contributed by atoms with E-state index in [-0.39, 0.29) is 6.07 Å². The third-order valence-electron chi connectivity index (χ3n) is 1.87. The lowest BCUT2D eigenvalue weighted by Gasteiger charge is -2.10. The van der Waals surface area contributed by atoms with E-state index in [9.17, 15) is 32.5 Å². The van der Waals surface area contributed by atoms with Gasteiger partial charge in [-0.15, -0.1) is 0 Å². The highest BCUT2D eigenvalue weighted by Crippen LogP contribution is 2.31. The van der Waals surface area contributed by atoms with Crippen LogP contribution in [0.25, 0.3) is 0 Å². The fraction of sp³-hybridized carbons (Fsp3) is 0.222. The van der Waals surface area contributed by atoms with Crippen molar-refractivity contribution < 1.29 is 37.1 Å². The lowest BCUT2D eigenvalue weighted by atomic mass is 10.2. The maximum atomic E-state index is 13.2. The molecule has 19 heavy (non-hydrogen) atoms. The van der Waals surface area contributed by atoms with Crippen LogP contribution in [0.5, 0.6) is 5.75 Å². The molecule has 0 aliphatic rings. The average Bonchev–Trinajstić information content (AvgIpc) is 2.25. The zero-order valence-electron chi connectivity index (χ0n) is 8.90. The van der Waals surface area contributed by atoms with Crippen molar-refractivity contribution in [1.82, 2.24) is 0 Å². The quantitative estimate of drug-likeness (QED) is 0.520. The molecule has 0 bridgehead atoms. The first-order chi connectivity index (χ1) is 8.61. The van der Waals surface area contributed by atoms with Crippen LogP contribution in [0, 0.1) is 15.9 Å². The second-order valence-corrected chi connectivity index (χ2v) is 3.27. The molecule has 0 saturated heterocycles. The number of alkyl halides is 3. The molecular formula is C9H5F4NO5. The Balaban J connectivity index is 3.22. The zero-order valence-corrected chi connectivity index (χ0v) is 8.90. The van der Waals surface area contributed by atoms with Gasteiger partial charge in [0.2, 0.25) is 0 Å². The summed E-state index contributed by atoms with van der Waals surface area (Å²) in [4.78, 5) is 19.9. The van der Waals surface area contributed by atoms with Crippen LogP contribution in [0.15, 0.2) is 12.1 Å². The van der Waals surface area contributed by atoms with Crippen LogP contribution in [-0.4, -0.2) is 28.8 Å². The molecule has 0 heterocycles. The molecular weight excluding hydrogens is 278 g/mol. The van der Waals surface area contributed by atoms with Gasteiger partial charge in [0, 0.05) is 6.07 Å². The van der Waals surface area contributed by atoms with Gasteiger partial charge in [0.1, 0.15) is 5.82 Å². The summed E-state index contributed by atoms with van der Waals surface area (Å²) in [5.74, 6) is -4.20. The highest BCUT2D eigenvalue weighted by atomic mass is 19.4. The summed E-state index contributed by atoms with van der Waals surface area (Å²) in [6.07, 6.45) is -4.77. The number of halogens is 4. The Morgan fingerprint density at radius 1 is 1.42 bits per heavy atom. The molecule has 0 radical (unpaired) electrons. The van der Waals surface area contributed by atoms with E-state index < -0.39 is 46.5 Å². The van der Waals surface area contributed by atoms with Gasteiger partial charge in [-0.1, -0.05) is 0 Å². The smallest absolute Gasteiger partial charge is 0.422 e. The number of nitro groups is 1. The van der Waals surface area contributed by atoms with Crippen molar-refractivity contribution >= 4 is 11.7 Å². The predicted molar refractivity (Wildman–Crippen MR) is 51.6 cm³/mol.